The molecule has 0 aromatic carbocycles. The van der Waals surface area contributed by atoms with E-state index in [-0.39, 0.29) is 0 Å². The summed E-state index contributed by atoms with van der Waals surface area (Å²) in [5.41, 5.74) is 0.931. The molecule has 0 nitrogen and oxygen atoms in total. The molecule has 0 aliphatic carbocycles. The Morgan fingerprint density at radius 3 is 2.75 bits per heavy atom. The van der Waals surface area contributed by atoms with Crippen LogP contribution in [-0.4, -0.2) is 0 Å². The maximum absolute atomic E-state index is 5.09. The Hall–Kier alpha value is -0.740. The fourth-order valence-corrected chi connectivity index (χ4v) is 1.07. The van der Waals surface area contributed by atoms with Gasteiger partial charge >= 0.3 is 0 Å². The lowest BCUT2D eigenvalue weighted by Crippen LogP contribution is -1.57. The molecule has 1 aromatic rings. The molecule has 1 radical (unpaired) electrons. The molecule has 1 heterocycles. The lowest BCUT2D eigenvalue weighted by atomic mass is 10.3. The fourth-order valence-electron chi connectivity index (χ4n) is 0.456. The second kappa shape index (κ2) is 2.02. The summed E-state index contributed by atoms with van der Waals surface area (Å²) in [5.74, 6) is 2.52. The van der Waals surface area contributed by atoms with Gasteiger partial charge in [0.05, 0.1) is 0 Å². The van der Waals surface area contributed by atoms with Crippen molar-refractivity contribution in [1.29, 1.82) is 0 Å². The second-order valence-electron chi connectivity index (χ2n) is 1.45. The molecule has 0 saturated heterocycles. The largest absolute Gasteiger partial charge is 0.148 e. The molecule has 0 amide bonds. The fraction of sp³-hybridized carbons (Fsp3) is 0. The zero-order chi connectivity index (χ0) is 5.98. The van der Waals surface area contributed by atoms with Gasteiger partial charge in [0.2, 0.25) is 0 Å². The third kappa shape index (κ3) is 0.907. The molecule has 0 saturated carbocycles. The zero-order valence-electron chi connectivity index (χ0n) is 4.35. The molecule has 0 aliphatic heterocycles. The zero-order valence-corrected chi connectivity index (χ0v) is 5.16. The van der Waals surface area contributed by atoms with Crippen LogP contribution in [0.25, 0.3) is 0 Å². The Bertz CT molecular complexity index is 215. The van der Waals surface area contributed by atoms with Crippen LogP contribution >= 0.6 is 11.3 Å². The summed E-state index contributed by atoms with van der Waals surface area (Å²) in [7, 11) is 0. The standard InChI is InChI=1S/C7H5S/c1-3-7-4-6(2)8-5-7/h1,4-5H,2H2. The lowest BCUT2D eigenvalue weighted by Gasteiger charge is -1.70. The molecule has 0 atom stereocenters. The van der Waals surface area contributed by atoms with E-state index in [0.29, 0.717) is 0 Å². The molecule has 0 fully saturated rings. The topological polar surface area (TPSA) is 0 Å². The van der Waals surface area contributed by atoms with Gasteiger partial charge in [-0.2, -0.15) is 0 Å². The molecule has 8 heavy (non-hydrogen) atoms. The lowest BCUT2D eigenvalue weighted by molar-refractivity contribution is 1.80. The molecule has 0 aliphatic rings. The van der Waals surface area contributed by atoms with Gasteiger partial charge in [0, 0.05) is 15.8 Å². The number of rotatable bonds is 0. The van der Waals surface area contributed by atoms with Crippen molar-refractivity contribution in [2.45, 2.75) is 0 Å². The van der Waals surface area contributed by atoms with Crippen LogP contribution in [-0.2, 0) is 0 Å². The van der Waals surface area contributed by atoms with Gasteiger partial charge in [-0.25, -0.2) is 0 Å². The molecule has 1 rings (SSSR count). The van der Waals surface area contributed by atoms with Gasteiger partial charge in [-0.15, -0.1) is 17.8 Å². The SMILES string of the molecule is C#Cc1csc([CH2])c1. The molecule has 1 heteroatoms. The predicted molar refractivity (Wildman–Crippen MR) is 36.7 cm³/mol. The molecule has 0 spiro atoms. The highest BCUT2D eigenvalue weighted by molar-refractivity contribution is 7.10. The Labute approximate surface area is 53.2 Å². The summed E-state index contributed by atoms with van der Waals surface area (Å²) in [6, 6.07) is 1.89. The maximum atomic E-state index is 5.09. The first kappa shape index (κ1) is 5.40. The average Bonchev–Trinajstić information content (AvgIpc) is 2.14. The number of thiophene rings is 1. The van der Waals surface area contributed by atoms with E-state index in [0.717, 1.165) is 10.4 Å². The summed E-state index contributed by atoms with van der Waals surface area (Å²) < 4.78 is 0. The third-order valence-corrected chi connectivity index (χ3v) is 1.61. The van der Waals surface area contributed by atoms with E-state index in [1.165, 1.54) is 0 Å². The van der Waals surface area contributed by atoms with Crippen LogP contribution in [0.4, 0.5) is 0 Å². The van der Waals surface area contributed by atoms with E-state index < -0.39 is 0 Å². The van der Waals surface area contributed by atoms with E-state index in [2.05, 4.69) is 12.8 Å². The summed E-state index contributed by atoms with van der Waals surface area (Å²) in [6.07, 6.45) is 5.09. The van der Waals surface area contributed by atoms with Crippen molar-refractivity contribution in [2.75, 3.05) is 0 Å². The Balaban J connectivity index is 3.05. The van der Waals surface area contributed by atoms with Crippen LogP contribution in [0.1, 0.15) is 10.4 Å². The van der Waals surface area contributed by atoms with Gasteiger partial charge in [0.15, 0.2) is 0 Å². The molecule has 0 bridgehead atoms. The van der Waals surface area contributed by atoms with E-state index in [1.54, 1.807) is 11.3 Å². The first-order valence-corrected chi connectivity index (χ1v) is 3.08. The summed E-state index contributed by atoms with van der Waals surface area (Å²) in [4.78, 5) is 1.03. The van der Waals surface area contributed by atoms with Crippen molar-refractivity contribution in [3.8, 4) is 12.3 Å². The van der Waals surface area contributed by atoms with Crippen LogP contribution in [0, 0.1) is 19.3 Å². The van der Waals surface area contributed by atoms with Crippen LogP contribution in [0.3, 0.4) is 0 Å². The van der Waals surface area contributed by atoms with Crippen molar-refractivity contribution in [3.05, 3.63) is 28.8 Å². The van der Waals surface area contributed by atoms with Crippen molar-refractivity contribution < 1.29 is 0 Å². The molecular weight excluding hydrogens is 116 g/mol. The van der Waals surface area contributed by atoms with Crippen molar-refractivity contribution in [1.82, 2.24) is 0 Å². The van der Waals surface area contributed by atoms with Crippen molar-refractivity contribution >= 4 is 11.3 Å². The maximum Gasteiger partial charge on any atom is 0.0352 e. The van der Waals surface area contributed by atoms with Gasteiger partial charge in [0.25, 0.3) is 0 Å². The van der Waals surface area contributed by atoms with Crippen molar-refractivity contribution in [3.63, 3.8) is 0 Å². The first-order valence-electron chi connectivity index (χ1n) is 2.20. The van der Waals surface area contributed by atoms with Gasteiger partial charge < -0.3 is 0 Å². The van der Waals surface area contributed by atoms with E-state index in [1.807, 2.05) is 11.4 Å². The minimum absolute atomic E-state index is 0.931. The third-order valence-electron chi connectivity index (χ3n) is 0.820. The smallest absolute Gasteiger partial charge is 0.0352 e. The van der Waals surface area contributed by atoms with E-state index >= 15 is 0 Å². The number of terminal acetylenes is 1. The Kier molecular flexibility index (Phi) is 1.36. The molecule has 1 aromatic heterocycles. The van der Waals surface area contributed by atoms with Gasteiger partial charge in [-0.3, -0.25) is 0 Å². The van der Waals surface area contributed by atoms with Crippen LogP contribution < -0.4 is 0 Å². The van der Waals surface area contributed by atoms with Gasteiger partial charge in [-0.1, -0.05) is 5.92 Å². The second-order valence-corrected chi connectivity index (χ2v) is 2.44. The summed E-state index contributed by atoms with van der Waals surface area (Å²) >= 11 is 1.58. The highest BCUT2D eigenvalue weighted by Crippen LogP contribution is 2.10. The highest BCUT2D eigenvalue weighted by atomic mass is 32.1. The Morgan fingerprint density at radius 1 is 1.75 bits per heavy atom. The quantitative estimate of drug-likeness (QED) is 0.460. The number of hydrogen-bond acceptors (Lipinski definition) is 1. The van der Waals surface area contributed by atoms with E-state index in [9.17, 15) is 0 Å². The van der Waals surface area contributed by atoms with Crippen LogP contribution in [0.5, 0.6) is 0 Å². The molecule has 0 unspecified atom stereocenters. The average molecular weight is 121 g/mol. The van der Waals surface area contributed by atoms with E-state index in [4.69, 9.17) is 6.42 Å². The number of hydrogen-bond donors (Lipinski definition) is 0. The molecule has 0 N–H and O–H groups in total. The summed E-state index contributed by atoms with van der Waals surface area (Å²) in [6.45, 7) is 3.71. The van der Waals surface area contributed by atoms with Crippen LogP contribution in [0.2, 0.25) is 0 Å². The monoisotopic (exact) mass is 121 g/mol. The molecular formula is C7H5S. The summed E-state index contributed by atoms with van der Waals surface area (Å²) in [5, 5.41) is 1.92. The van der Waals surface area contributed by atoms with Gasteiger partial charge in [0.1, 0.15) is 0 Å². The Morgan fingerprint density at radius 2 is 2.50 bits per heavy atom. The predicted octanol–water partition coefficient (Wildman–Crippen LogP) is 1.91. The minimum atomic E-state index is 0.931. The van der Waals surface area contributed by atoms with Crippen molar-refractivity contribution in [2.24, 2.45) is 0 Å². The van der Waals surface area contributed by atoms with Gasteiger partial charge in [-0.05, 0) is 13.0 Å². The molecule has 39 valence electrons. The highest BCUT2D eigenvalue weighted by Gasteiger charge is 1.87. The first-order chi connectivity index (χ1) is 3.83. The van der Waals surface area contributed by atoms with Crippen LogP contribution in [0.15, 0.2) is 11.4 Å². The normalized spacial score (nSPS) is 8.50. The minimum Gasteiger partial charge on any atom is -0.148 e.